The zero-order valence-corrected chi connectivity index (χ0v) is 21.5. The van der Waals surface area contributed by atoms with Crippen molar-refractivity contribution in [3.05, 3.63) is 97.3 Å². The van der Waals surface area contributed by atoms with Crippen LogP contribution in [0.25, 0.3) is 44.7 Å². The van der Waals surface area contributed by atoms with Gasteiger partial charge in [0.05, 0.1) is 22.4 Å². The third-order valence-electron chi connectivity index (χ3n) is 7.43. The molecule has 0 amide bonds. The highest BCUT2D eigenvalue weighted by Crippen LogP contribution is 2.37. The minimum Gasteiger partial charge on any atom is -0.399 e. The first kappa shape index (κ1) is 23.5. The summed E-state index contributed by atoms with van der Waals surface area (Å²) in [5.41, 5.74) is 6.16. The van der Waals surface area contributed by atoms with Gasteiger partial charge >= 0.3 is 7.12 Å². The first-order valence-corrected chi connectivity index (χ1v) is 12.5. The molecule has 1 aliphatic rings. The lowest BCUT2D eigenvalue weighted by molar-refractivity contribution is 0.00578. The molecule has 0 unspecified atom stereocenters. The van der Waals surface area contributed by atoms with Gasteiger partial charge in [0.25, 0.3) is 0 Å². The van der Waals surface area contributed by atoms with Gasteiger partial charge < -0.3 is 9.31 Å². The molecule has 1 fully saturated rings. The third kappa shape index (κ3) is 4.33. The van der Waals surface area contributed by atoms with Crippen LogP contribution in [0.3, 0.4) is 0 Å². The van der Waals surface area contributed by atoms with Gasteiger partial charge in [-0.2, -0.15) is 0 Å². The van der Waals surface area contributed by atoms with Crippen LogP contribution in [0.2, 0.25) is 0 Å². The van der Waals surface area contributed by atoms with Gasteiger partial charge in [0, 0.05) is 34.5 Å². The molecule has 0 N–H and O–H groups in total. The van der Waals surface area contributed by atoms with Crippen LogP contribution in [0.15, 0.2) is 97.3 Å². The maximum atomic E-state index is 6.24. The molecule has 6 rings (SSSR count). The second-order valence-corrected chi connectivity index (χ2v) is 10.4. The number of pyridine rings is 1. The minimum atomic E-state index is -0.396. The van der Waals surface area contributed by atoms with Crippen molar-refractivity contribution in [2.45, 2.75) is 38.9 Å². The van der Waals surface area contributed by atoms with E-state index in [4.69, 9.17) is 19.3 Å². The van der Waals surface area contributed by atoms with Crippen molar-refractivity contribution in [3.63, 3.8) is 0 Å². The molecule has 0 spiro atoms. The van der Waals surface area contributed by atoms with E-state index >= 15 is 0 Å². The predicted octanol–water partition coefficient (Wildman–Crippen LogP) is 6.33. The molecule has 1 aliphatic heterocycles. The number of fused-ring (bicyclic) bond motifs is 1. The van der Waals surface area contributed by atoms with Crippen LogP contribution in [0.4, 0.5) is 0 Å². The number of benzene rings is 3. The first-order valence-electron chi connectivity index (χ1n) is 12.5. The van der Waals surface area contributed by atoms with Gasteiger partial charge in [-0.3, -0.25) is 4.98 Å². The van der Waals surface area contributed by atoms with E-state index < -0.39 is 7.12 Å². The molecule has 0 saturated carbocycles. The molecule has 5 nitrogen and oxygen atoms in total. The lowest BCUT2D eigenvalue weighted by atomic mass is 9.78. The summed E-state index contributed by atoms with van der Waals surface area (Å²) in [6.45, 7) is 8.27. The Balaban J connectivity index is 1.40. The van der Waals surface area contributed by atoms with Gasteiger partial charge in [-0.05, 0) is 56.9 Å². The van der Waals surface area contributed by atoms with Crippen molar-refractivity contribution < 1.29 is 9.31 Å². The van der Waals surface area contributed by atoms with E-state index in [1.807, 2.05) is 36.5 Å². The van der Waals surface area contributed by atoms with Gasteiger partial charge in [0.15, 0.2) is 5.82 Å². The van der Waals surface area contributed by atoms with Gasteiger partial charge in [-0.1, -0.05) is 66.7 Å². The Labute approximate surface area is 217 Å². The minimum absolute atomic E-state index is 0.377. The highest BCUT2D eigenvalue weighted by atomic mass is 16.7. The lowest BCUT2D eigenvalue weighted by Crippen LogP contribution is -2.41. The number of para-hydroxylation sites is 1. The van der Waals surface area contributed by atoms with Crippen LogP contribution in [0.1, 0.15) is 27.7 Å². The first-order chi connectivity index (χ1) is 17.8. The number of nitrogens with zero attached hydrogens (tertiary/aromatic N) is 3. The Morgan fingerprint density at radius 1 is 0.649 bits per heavy atom. The molecule has 0 aliphatic carbocycles. The highest BCUT2D eigenvalue weighted by molar-refractivity contribution is 6.62. The summed E-state index contributed by atoms with van der Waals surface area (Å²) in [7, 11) is -0.396. The molecule has 6 heteroatoms. The summed E-state index contributed by atoms with van der Waals surface area (Å²) in [5, 5.41) is 1.01. The van der Waals surface area contributed by atoms with Crippen molar-refractivity contribution in [3.8, 4) is 33.8 Å². The standard InChI is InChI=1S/C31H28BN3O2/c1-30(2)31(3,4)37-32(36-30)25-16-14-21(15-17-25)28-26-12-5-6-13-27(26)34-29(35-28)23-10-7-9-22(19-23)24-11-8-18-33-20-24/h5-20H,1-4H3. The van der Waals surface area contributed by atoms with Crippen molar-refractivity contribution >= 4 is 23.5 Å². The van der Waals surface area contributed by atoms with Crippen molar-refractivity contribution in [2.24, 2.45) is 0 Å². The molecular formula is C31H28BN3O2. The van der Waals surface area contributed by atoms with Gasteiger partial charge in [0.2, 0.25) is 0 Å². The maximum Gasteiger partial charge on any atom is 0.494 e. The molecule has 0 radical (unpaired) electrons. The fourth-order valence-electron chi connectivity index (χ4n) is 4.57. The van der Waals surface area contributed by atoms with Crippen LogP contribution < -0.4 is 5.46 Å². The summed E-state index contributed by atoms with van der Waals surface area (Å²) in [6, 6.07) is 28.7. The Hall–Kier alpha value is -3.87. The lowest BCUT2D eigenvalue weighted by Gasteiger charge is -2.32. The average molecular weight is 485 g/mol. The molecule has 37 heavy (non-hydrogen) atoms. The second kappa shape index (κ2) is 8.91. The Morgan fingerprint density at radius 2 is 1.35 bits per heavy atom. The molecule has 3 aromatic carbocycles. The zero-order chi connectivity index (χ0) is 25.6. The maximum absolute atomic E-state index is 6.24. The molecule has 2 aromatic heterocycles. The van der Waals surface area contributed by atoms with Crippen LogP contribution in [-0.4, -0.2) is 33.3 Å². The summed E-state index contributed by atoms with van der Waals surface area (Å²) in [5.74, 6) is 0.689. The van der Waals surface area contributed by atoms with Crippen molar-refractivity contribution in [2.75, 3.05) is 0 Å². The van der Waals surface area contributed by atoms with E-state index in [1.165, 1.54) is 0 Å². The van der Waals surface area contributed by atoms with Gasteiger partial charge in [-0.25, -0.2) is 9.97 Å². The SMILES string of the molecule is CC1(C)OB(c2ccc(-c3nc(-c4cccc(-c5cccnc5)c4)nc4ccccc34)cc2)OC1(C)C. The van der Waals surface area contributed by atoms with Crippen LogP contribution in [0.5, 0.6) is 0 Å². The van der Waals surface area contributed by atoms with E-state index in [1.54, 1.807) is 6.20 Å². The summed E-state index contributed by atoms with van der Waals surface area (Å²) < 4.78 is 12.5. The number of rotatable bonds is 4. The monoisotopic (exact) mass is 485 g/mol. The van der Waals surface area contributed by atoms with Crippen LogP contribution in [0, 0.1) is 0 Å². The molecule has 3 heterocycles. The molecule has 182 valence electrons. The van der Waals surface area contributed by atoms with E-state index in [0.717, 1.165) is 44.3 Å². The largest absolute Gasteiger partial charge is 0.494 e. The van der Waals surface area contributed by atoms with E-state index in [9.17, 15) is 0 Å². The number of hydrogen-bond acceptors (Lipinski definition) is 5. The smallest absolute Gasteiger partial charge is 0.399 e. The highest BCUT2D eigenvalue weighted by Gasteiger charge is 2.51. The van der Waals surface area contributed by atoms with Crippen LogP contribution in [-0.2, 0) is 9.31 Å². The van der Waals surface area contributed by atoms with E-state index in [0.29, 0.717) is 5.82 Å². The number of hydrogen-bond donors (Lipinski definition) is 0. The Bertz CT molecular complexity index is 1570. The van der Waals surface area contributed by atoms with Crippen LogP contribution >= 0.6 is 0 Å². The predicted molar refractivity (Wildman–Crippen MR) is 149 cm³/mol. The molecule has 1 saturated heterocycles. The van der Waals surface area contributed by atoms with Gasteiger partial charge in [0.1, 0.15) is 0 Å². The average Bonchev–Trinajstić information content (AvgIpc) is 3.15. The number of aromatic nitrogens is 3. The molecule has 0 bridgehead atoms. The van der Waals surface area contributed by atoms with E-state index in [2.05, 4.69) is 87.3 Å². The Kier molecular flexibility index (Phi) is 5.66. The quantitative estimate of drug-likeness (QED) is 0.279. The second-order valence-electron chi connectivity index (χ2n) is 10.4. The van der Waals surface area contributed by atoms with Gasteiger partial charge in [-0.15, -0.1) is 0 Å². The summed E-state index contributed by atoms with van der Waals surface area (Å²) in [4.78, 5) is 14.2. The van der Waals surface area contributed by atoms with Crippen molar-refractivity contribution in [1.82, 2.24) is 15.0 Å². The topological polar surface area (TPSA) is 57.1 Å². The summed E-state index contributed by atoms with van der Waals surface area (Å²) >= 11 is 0. The van der Waals surface area contributed by atoms with Crippen molar-refractivity contribution in [1.29, 1.82) is 0 Å². The zero-order valence-electron chi connectivity index (χ0n) is 21.5. The third-order valence-corrected chi connectivity index (χ3v) is 7.43. The molecule has 5 aromatic rings. The Morgan fingerprint density at radius 3 is 2.08 bits per heavy atom. The fraction of sp³-hybridized carbons (Fsp3) is 0.194. The fourth-order valence-corrected chi connectivity index (χ4v) is 4.57. The summed E-state index contributed by atoms with van der Waals surface area (Å²) in [6.07, 6.45) is 3.65. The van der Waals surface area contributed by atoms with E-state index in [-0.39, 0.29) is 11.2 Å². The normalized spacial score (nSPS) is 16.3. The molecule has 0 atom stereocenters. The molecular weight excluding hydrogens is 457 g/mol.